The zero-order valence-corrected chi connectivity index (χ0v) is 11.0. The Morgan fingerprint density at radius 2 is 2.05 bits per heavy atom. The fraction of sp³-hybridized carbons (Fsp3) is 0.143. The van der Waals surface area contributed by atoms with E-state index in [0.717, 1.165) is 0 Å². The van der Waals surface area contributed by atoms with E-state index in [1.54, 1.807) is 30.6 Å². The second-order valence-electron chi connectivity index (χ2n) is 4.10. The first-order valence-electron chi connectivity index (χ1n) is 5.93. The molecule has 20 heavy (non-hydrogen) atoms. The van der Waals surface area contributed by atoms with Crippen molar-refractivity contribution in [3.63, 3.8) is 0 Å². The molecule has 2 aromatic heterocycles. The van der Waals surface area contributed by atoms with Crippen LogP contribution < -0.4 is 14.9 Å². The van der Waals surface area contributed by atoms with Crippen molar-refractivity contribution in [2.24, 2.45) is 0 Å². The van der Waals surface area contributed by atoms with Crippen molar-refractivity contribution in [2.45, 2.75) is 0 Å². The Bertz CT molecular complexity index is 806. The van der Waals surface area contributed by atoms with Crippen LogP contribution in [-0.4, -0.2) is 24.0 Å². The third-order valence-electron chi connectivity index (χ3n) is 2.94. The number of nitrogens with zero attached hydrogens (tertiary/aromatic N) is 2. The fourth-order valence-corrected chi connectivity index (χ4v) is 2.01. The minimum Gasteiger partial charge on any atom is -0.496 e. The molecular weight excluding hydrogens is 260 g/mol. The van der Waals surface area contributed by atoms with Gasteiger partial charge < -0.3 is 13.9 Å². The maximum absolute atomic E-state index is 12.3. The Morgan fingerprint density at radius 1 is 1.20 bits per heavy atom. The van der Waals surface area contributed by atoms with E-state index in [4.69, 9.17) is 13.9 Å². The van der Waals surface area contributed by atoms with Gasteiger partial charge in [0.05, 0.1) is 14.2 Å². The van der Waals surface area contributed by atoms with Crippen LogP contribution in [0.4, 0.5) is 0 Å². The predicted molar refractivity (Wildman–Crippen MR) is 72.7 cm³/mol. The predicted octanol–water partition coefficient (Wildman–Crippen LogP) is 2.00. The maximum atomic E-state index is 12.3. The lowest BCUT2D eigenvalue weighted by atomic mass is 10.2. The molecule has 0 radical (unpaired) electrons. The van der Waals surface area contributed by atoms with E-state index >= 15 is 0 Å². The van der Waals surface area contributed by atoms with E-state index in [2.05, 4.69) is 5.10 Å². The summed E-state index contributed by atoms with van der Waals surface area (Å²) in [5, 5.41) is 4.42. The highest BCUT2D eigenvalue weighted by Crippen LogP contribution is 2.29. The van der Waals surface area contributed by atoms with E-state index in [1.165, 1.54) is 25.0 Å². The van der Waals surface area contributed by atoms with Gasteiger partial charge in [0.1, 0.15) is 22.5 Å². The van der Waals surface area contributed by atoms with Gasteiger partial charge in [-0.2, -0.15) is 5.10 Å². The molecule has 0 aliphatic carbocycles. The molecule has 0 saturated carbocycles. The Balaban J connectivity index is 2.33. The second-order valence-corrected chi connectivity index (χ2v) is 4.10. The zero-order valence-electron chi connectivity index (χ0n) is 11.0. The Morgan fingerprint density at radius 3 is 2.70 bits per heavy atom. The van der Waals surface area contributed by atoms with Crippen LogP contribution in [0.3, 0.4) is 0 Å². The average Bonchev–Trinajstić information content (AvgIpc) is 2.99. The SMILES string of the molecule is COc1cc(OC)c2c(=O)cc(-n3cccn3)oc2c1. The number of fused-ring (bicyclic) bond motifs is 1. The quantitative estimate of drug-likeness (QED) is 0.729. The Hall–Kier alpha value is -2.76. The molecule has 0 N–H and O–H groups in total. The number of rotatable bonds is 3. The van der Waals surface area contributed by atoms with Gasteiger partial charge in [0.2, 0.25) is 5.88 Å². The van der Waals surface area contributed by atoms with Crippen LogP contribution in [0.5, 0.6) is 11.5 Å². The molecule has 0 aliphatic rings. The highest BCUT2D eigenvalue weighted by molar-refractivity contribution is 5.85. The molecule has 3 rings (SSSR count). The van der Waals surface area contributed by atoms with Crippen LogP contribution in [0.2, 0.25) is 0 Å². The molecule has 0 amide bonds. The van der Waals surface area contributed by atoms with Crippen molar-refractivity contribution in [2.75, 3.05) is 14.2 Å². The number of methoxy groups -OCH3 is 2. The summed E-state index contributed by atoms with van der Waals surface area (Å²) in [6.45, 7) is 0. The molecule has 0 unspecified atom stereocenters. The molecule has 0 fully saturated rings. The molecule has 3 aromatic rings. The first-order chi connectivity index (χ1) is 9.72. The minimum absolute atomic E-state index is 0.198. The summed E-state index contributed by atoms with van der Waals surface area (Å²) in [6.07, 6.45) is 3.30. The lowest BCUT2D eigenvalue weighted by molar-refractivity contribution is 0.396. The fourth-order valence-electron chi connectivity index (χ4n) is 2.01. The summed E-state index contributed by atoms with van der Waals surface area (Å²) in [6, 6.07) is 6.42. The molecule has 0 saturated heterocycles. The average molecular weight is 272 g/mol. The summed E-state index contributed by atoms with van der Waals surface area (Å²) in [4.78, 5) is 12.3. The van der Waals surface area contributed by atoms with Gasteiger partial charge in [0.15, 0.2) is 5.43 Å². The highest BCUT2D eigenvalue weighted by Gasteiger charge is 2.13. The third-order valence-corrected chi connectivity index (χ3v) is 2.94. The van der Waals surface area contributed by atoms with Crippen molar-refractivity contribution in [1.82, 2.24) is 9.78 Å². The topological polar surface area (TPSA) is 66.5 Å². The van der Waals surface area contributed by atoms with Gasteiger partial charge in [-0.15, -0.1) is 0 Å². The van der Waals surface area contributed by atoms with Gasteiger partial charge >= 0.3 is 0 Å². The van der Waals surface area contributed by atoms with Gasteiger partial charge in [-0.1, -0.05) is 0 Å². The van der Waals surface area contributed by atoms with Gasteiger partial charge in [0, 0.05) is 30.6 Å². The van der Waals surface area contributed by atoms with Crippen LogP contribution in [0.25, 0.3) is 16.9 Å². The van der Waals surface area contributed by atoms with E-state index in [-0.39, 0.29) is 5.43 Å². The lowest BCUT2D eigenvalue weighted by Gasteiger charge is -2.08. The second kappa shape index (κ2) is 4.73. The summed E-state index contributed by atoms with van der Waals surface area (Å²) in [7, 11) is 3.03. The summed E-state index contributed by atoms with van der Waals surface area (Å²) in [5.41, 5.74) is 0.190. The molecular formula is C14H12N2O4. The van der Waals surface area contributed by atoms with Crippen molar-refractivity contribution < 1.29 is 13.9 Å². The van der Waals surface area contributed by atoms with Crippen LogP contribution in [-0.2, 0) is 0 Å². The van der Waals surface area contributed by atoms with E-state index in [1.807, 2.05) is 0 Å². The van der Waals surface area contributed by atoms with E-state index in [9.17, 15) is 4.79 Å². The lowest BCUT2D eigenvalue weighted by Crippen LogP contribution is -2.06. The summed E-state index contributed by atoms with van der Waals surface area (Å²) >= 11 is 0. The van der Waals surface area contributed by atoms with E-state index < -0.39 is 0 Å². The molecule has 6 heteroatoms. The number of benzene rings is 1. The normalized spacial score (nSPS) is 10.7. The number of hydrogen-bond donors (Lipinski definition) is 0. The Labute approximate surface area is 114 Å². The standard InChI is InChI=1S/C14H12N2O4/c1-18-9-6-11(19-2)14-10(17)8-13(20-12(14)7-9)16-5-3-4-15-16/h3-8H,1-2H3. The maximum Gasteiger partial charge on any atom is 0.224 e. The van der Waals surface area contributed by atoms with Crippen LogP contribution in [0.15, 0.2) is 45.9 Å². The first kappa shape index (κ1) is 12.3. The van der Waals surface area contributed by atoms with Gasteiger partial charge in [-0.3, -0.25) is 4.79 Å². The molecule has 2 heterocycles. The smallest absolute Gasteiger partial charge is 0.224 e. The van der Waals surface area contributed by atoms with Crippen molar-refractivity contribution >= 4 is 11.0 Å². The summed E-state index contributed by atoms with van der Waals surface area (Å²) in [5.74, 6) is 1.30. The van der Waals surface area contributed by atoms with Crippen LogP contribution in [0.1, 0.15) is 0 Å². The van der Waals surface area contributed by atoms with Gasteiger partial charge in [-0.05, 0) is 6.07 Å². The van der Waals surface area contributed by atoms with Gasteiger partial charge in [0.25, 0.3) is 0 Å². The summed E-state index contributed by atoms with van der Waals surface area (Å²) < 4.78 is 17.6. The Kier molecular flexibility index (Phi) is 2.90. The molecule has 6 nitrogen and oxygen atoms in total. The molecule has 0 spiro atoms. The first-order valence-corrected chi connectivity index (χ1v) is 5.93. The number of hydrogen-bond acceptors (Lipinski definition) is 5. The third kappa shape index (κ3) is 1.91. The highest BCUT2D eigenvalue weighted by atomic mass is 16.5. The van der Waals surface area contributed by atoms with E-state index in [0.29, 0.717) is 28.4 Å². The monoisotopic (exact) mass is 272 g/mol. The van der Waals surface area contributed by atoms with Crippen LogP contribution >= 0.6 is 0 Å². The zero-order chi connectivity index (χ0) is 14.1. The molecule has 0 atom stereocenters. The number of ether oxygens (including phenoxy) is 2. The molecule has 1 aromatic carbocycles. The van der Waals surface area contributed by atoms with Crippen molar-refractivity contribution in [3.8, 4) is 17.4 Å². The molecule has 0 bridgehead atoms. The van der Waals surface area contributed by atoms with Gasteiger partial charge in [-0.25, -0.2) is 4.68 Å². The van der Waals surface area contributed by atoms with Crippen molar-refractivity contribution in [3.05, 3.63) is 46.9 Å². The number of aromatic nitrogens is 2. The molecule has 0 aliphatic heterocycles. The largest absolute Gasteiger partial charge is 0.496 e. The minimum atomic E-state index is -0.198. The van der Waals surface area contributed by atoms with Crippen LogP contribution in [0, 0.1) is 0 Å². The molecule has 102 valence electrons. The van der Waals surface area contributed by atoms with Crippen molar-refractivity contribution in [1.29, 1.82) is 0 Å².